The molecular weight excluding hydrogens is 268 g/mol. The number of rotatable bonds is 3. The van der Waals surface area contributed by atoms with E-state index in [4.69, 9.17) is 9.15 Å². The summed E-state index contributed by atoms with van der Waals surface area (Å²) < 4.78 is 11.4. The summed E-state index contributed by atoms with van der Waals surface area (Å²) in [6.45, 7) is 2.34. The Bertz CT molecular complexity index is 782. The molecule has 0 saturated carbocycles. The van der Waals surface area contributed by atoms with Gasteiger partial charge in [-0.2, -0.15) is 0 Å². The molecule has 4 heteroatoms. The van der Waals surface area contributed by atoms with Crippen molar-refractivity contribution in [2.75, 3.05) is 6.61 Å². The molecule has 21 heavy (non-hydrogen) atoms. The van der Waals surface area contributed by atoms with Crippen LogP contribution in [0.2, 0.25) is 0 Å². The van der Waals surface area contributed by atoms with Gasteiger partial charge < -0.3 is 14.9 Å². The van der Waals surface area contributed by atoms with Gasteiger partial charge in [0.1, 0.15) is 17.2 Å². The molecule has 0 radical (unpaired) electrons. The number of phenolic OH excluding ortho intramolecular Hbond substituents is 2. The lowest BCUT2D eigenvalue weighted by molar-refractivity contribution is 0.341. The van der Waals surface area contributed by atoms with Crippen LogP contribution < -0.4 is 4.74 Å². The maximum absolute atomic E-state index is 10.0. The van der Waals surface area contributed by atoms with Crippen molar-refractivity contribution in [3.8, 4) is 28.6 Å². The van der Waals surface area contributed by atoms with Crippen LogP contribution in [0.4, 0.5) is 0 Å². The largest absolute Gasteiger partial charge is 0.507 e. The minimum Gasteiger partial charge on any atom is -0.507 e. The molecule has 2 aromatic carbocycles. The second kappa shape index (κ2) is 5.32. The van der Waals surface area contributed by atoms with Crippen molar-refractivity contribution >= 4 is 11.0 Å². The molecule has 0 unspecified atom stereocenters. The molecule has 2 N–H and O–H groups in total. The molecule has 106 valence electrons. The van der Waals surface area contributed by atoms with Crippen molar-refractivity contribution in [2.45, 2.75) is 6.92 Å². The van der Waals surface area contributed by atoms with E-state index < -0.39 is 0 Å². The number of hydrogen-bond donors (Lipinski definition) is 2. The zero-order valence-corrected chi connectivity index (χ0v) is 11.5. The highest BCUT2D eigenvalue weighted by molar-refractivity contribution is 5.92. The van der Waals surface area contributed by atoms with Crippen molar-refractivity contribution in [1.82, 2.24) is 0 Å². The predicted octanol–water partition coefficient (Wildman–Crippen LogP) is 4.19. The molecule has 0 aliphatic carbocycles. The van der Waals surface area contributed by atoms with Gasteiger partial charge in [-0.15, -0.1) is 0 Å². The third kappa shape index (κ3) is 2.48. The van der Waals surface area contributed by atoms with Gasteiger partial charge >= 0.3 is 11.3 Å². The van der Waals surface area contributed by atoms with Crippen LogP contribution >= 0.6 is 0 Å². The lowest BCUT2D eigenvalue weighted by Gasteiger charge is -2.05. The second-order valence-electron chi connectivity index (χ2n) is 4.61. The first-order valence-electron chi connectivity index (χ1n) is 6.70. The topological polar surface area (TPSA) is 61.0 Å². The Kier molecular flexibility index (Phi) is 3.36. The number of hydrogen-bond acceptors (Lipinski definition) is 3. The normalized spacial score (nSPS) is 10.7. The maximum Gasteiger partial charge on any atom is 0.372 e. The first-order valence-corrected chi connectivity index (χ1v) is 6.70. The fourth-order valence-electron chi connectivity index (χ4n) is 2.27. The summed E-state index contributed by atoms with van der Waals surface area (Å²) in [5.41, 5.74) is 1.26. The zero-order chi connectivity index (χ0) is 14.8. The number of phenols is 2. The molecule has 3 rings (SSSR count). The van der Waals surface area contributed by atoms with E-state index in [2.05, 4.69) is 0 Å². The number of ether oxygens (including phenoxy) is 1. The molecule has 0 atom stereocenters. The summed E-state index contributed by atoms with van der Waals surface area (Å²) in [5.74, 6) is 1.000. The van der Waals surface area contributed by atoms with Gasteiger partial charge in [-0.3, -0.25) is 0 Å². The van der Waals surface area contributed by atoms with Crippen molar-refractivity contribution in [3.63, 3.8) is 0 Å². The summed E-state index contributed by atoms with van der Waals surface area (Å²) >= 11 is 0. The highest BCUT2D eigenvalue weighted by Gasteiger charge is 2.23. The third-order valence-electron chi connectivity index (χ3n) is 3.15. The van der Waals surface area contributed by atoms with Gasteiger partial charge in [-0.1, -0.05) is 18.2 Å². The Balaban J connectivity index is 2.29. The van der Waals surface area contributed by atoms with Gasteiger partial charge in [0, 0.05) is 6.07 Å². The van der Waals surface area contributed by atoms with Crippen LogP contribution in [0.25, 0.3) is 22.3 Å². The van der Waals surface area contributed by atoms with Crippen molar-refractivity contribution < 1.29 is 19.4 Å². The van der Waals surface area contributed by atoms with Gasteiger partial charge in [-0.25, -0.2) is 4.42 Å². The standard InChI is InChI=1S/C17H14O4/c1-2-20-15-10-14(11-6-4-3-5-7-11)21-16-9-12(18)8-13(19)17(15)16/h3-10H,2H2,1H3,(H-,18,19)/p+1. The van der Waals surface area contributed by atoms with E-state index in [1.54, 1.807) is 6.07 Å². The summed E-state index contributed by atoms with van der Waals surface area (Å²) in [6.07, 6.45) is 0. The lowest BCUT2D eigenvalue weighted by atomic mass is 10.1. The van der Waals surface area contributed by atoms with Crippen LogP contribution in [0.5, 0.6) is 17.2 Å². The molecule has 0 saturated heterocycles. The monoisotopic (exact) mass is 283 g/mol. The SMILES string of the molecule is CCOc1cc(-c2ccccc2)[o+]c2cc(O)cc(O)c12. The Hall–Kier alpha value is -2.75. The van der Waals surface area contributed by atoms with Crippen LogP contribution in [0.3, 0.4) is 0 Å². The van der Waals surface area contributed by atoms with E-state index in [-0.39, 0.29) is 11.5 Å². The van der Waals surface area contributed by atoms with E-state index >= 15 is 0 Å². The molecule has 0 aliphatic heterocycles. The van der Waals surface area contributed by atoms with E-state index in [9.17, 15) is 10.2 Å². The smallest absolute Gasteiger partial charge is 0.372 e. The van der Waals surface area contributed by atoms with E-state index in [0.717, 1.165) is 5.56 Å². The number of aromatic hydroxyl groups is 2. The molecule has 0 spiro atoms. The summed E-state index contributed by atoms with van der Waals surface area (Å²) in [6, 6.07) is 14.1. The van der Waals surface area contributed by atoms with Gasteiger partial charge in [0.2, 0.25) is 0 Å². The van der Waals surface area contributed by atoms with E-state index in [1.807, 2.05) is 37.3 Å². The average molecular weight is 283 g/mol. The summed E-state index contributed by atoms with van der Waals surface area (Å²) in [7, 11) is 0. The first-order chi connectivity index (χ1) is 10.2. The second-order valence-corrected chi connectivity index (χ2v) is 4.61. The zero-order valence-electron chi connectivity index (χ0n) is 11.5. The van der Waals surface area contributed by atoms with Gasteiger partial charge in [0.25, 0.3) is 0 Å². The Morgan fingerprint density at radius 3 is 2.52 bits per heavy atom. The molecule has 3 aromatic rings. The molecule has 0 amide bonds. The minimum atomic E-state index is -0.0724. The Morgan fingerprint density at radius 1 is 1.05 bits per heavy atom. The fraction of sp³-hybridized carbons (Fsp3) is 0.118. The Labute approximate surface area is 121 Å². The lowest BCUT2D eigenvalue weighted by Crippen LogP contribution is -1.93. The molecule has 0 aliphatic rings. The Morgan fingerprint density at radius 2 is 1.81 bits per heavy atom. The first kappa shape index (κ1) is 13.2. The van der Waals surface area contributed by atoms with Gasteiger partial charge in [0.05, 0.1) is 24.3 Å². The summed E-state index contributed by atoms with van der Waals surface area (Å²) in [4.78, 5) is 0. The molecular formula is C17H15O4+. The van der Waals surface area contributed by atoms with Crippen molar-refractivity contribution in [3.05, 3.63) is 48.5 Å². The highest BCUT2D eigenvalue weighted by Crippen LogP contribution is 2.39. The predicted molar refractivity (Wildman–Crippen MR) is 80.6 cm³/mol. The van der Waals surface area contributed by atoms with E-state index in [0.29, 0.717) is 29.1 Å². The number of benzene rings is 2. The third-order valence-corrected chi connectivity index (χ3v) is 3.15. The minimum absolute atomic E-state index is 0.0589. The van der Waals surface area contributed by atoms with Crippen molar-refractivity contribution in [2.24, 2.45) is 0 Å². The molecule has 4 nitrogen and oxygen atoms in total. The fourth-order valence-corrected chi connectivity index (χ4v) is 2.27. The average Bonchev–Trinajstić information content (AvgIpc) is 2.47. The summed E-state index contributed by atoms with van der Waals surface area (Å²) in [5, 5.41) is 20.1. The molecule has 1 aromatic heterocycles. The number of fused-ring (bicyclic) bond motifs is 1. The van der Waals surface area contributed by atoms with Crippen LogP contribution in [-0.2, 0) is 0 Å². The van der Waals surface area contributed by atoms with Crippen LogP contribution in [0.15, 0.2) is 52.9 Å². The van der Waals surface area contributed by atoms with Crippen LogP contribution in [0.1, 0.15) is 6.92 Å². The highest BCUT2D eigenvalue weighted by atomic mass is 16.5. The van der Waals surface area contributed by atoms with E-state index in [1.165, 1.54) is 12.1 Å². The van der Waals surface area contributed by atoms with Gasteiger partial charge in [0.15, 0.2) is 5.39 Å². The quantitative estimate of drug-likeness (QED) is 0.707. The van der Waals surface area contributed by atoms with Gasteiger partial charge in [-0.05, 0) is 19.1 Å². The molecule has 0 fully saturated rings. The van der Waals surface area contributed by atoms with Crippen molar-refractivity contribution in [1.29, 1.82) is 0 Å². The maximum atomic E-state index is 10.0. The molecule has 1 heterocycles. The molecule has 0 bridgehead atoms. The van der Waals surface area contributed by atoms with Crippen LogP contribution in [0, 0.1) is 0 Å². The van der Waals surface area contributed by atoms with Crippen LogP contribution in [-0.4, -0.2) is 16.8 Å².